The van der Waals surface area contributed by atoms with Gasteiger partial charge in [0.1, 0.15) is 0 Å². The van der Waals surface area contributed by atoms with Crippen molar-refractivity contribution >= 4 is 0 Å². The first-order valence-electron chi connectivity index (χ1n) is 6.17. The second-order valence-electron chi connectivity index (χ2n) is 5.29. The molecule has 3 atom stereocenters. The van der Waals surface area contributed by atoms with Crippen LogP contribution in [0, 0.1) is 5.92 Å². The van der Waals surface area contributed by atoms with E-state index < -0.39 is 0 Å². The van der Waals surface area contributed by atoms with Crippen LogP contribution in [0.3, 0.4) is 0 Å². The molecule has 1 aliphatic heterocycles. The smallest absolute Gasteiger partial charge is 0.0360 e. The van der Waals surface area contributed by atoms with E-state index in [1.54, 1.807) is 0 Å². The van der Waals surface area contributed by atoms with Gasteiger partial charge in [-0.15, -0.1) is 0 Å². The van der Waals surface area contributed by atoms with Crippen molar-refractivity contribution in [1.82, 2.24) is 4.90 Å². The minimum absolute atomic E-state index is 0.357. The molecule has 0 aromatic carbocycles. The Morgan fingerprint density at radius 1 is 1.29 bits per heavy atom. The molecule has 1 saturated heterocycles. The molecule has 1 saturated carbocycles. The van der Waals surface area contributed by atoms with Gasteiger partial charge in [-0.25, -0.2) is 0 Å². The first-order chi connectivity index (χ1) is 6.70. The number of likely N-dealkylation sites (tertiary alicyclic amines) is 1. The van der Waals surface area contributed by atoms with Crippen LogP contribution in [0.15, 0.2) is 0 Å². The first-order valence-corrected chi connectivity index (χ1v) is 6.17. The SMILES string of the molecule is CC1CCN1C1(CN)CCCCC1C. The molecule has 2 nitrogen and oxygen atoms in total. The largest absolute Gasteiger partial charge is 0.329 e. The second kappa shape index (κ2) is 3.82. The van der Waals surface area contributed by atoms with Crippen LogP contribution < -0.4 is 5.73 Å². The average Bonchev–Trinajstić information content (AvgIpc) is 2.19. The number of hydrogen-bond acceptors (Lipinski definition) is 2. The van der Waals surface area contributed by atoms with Gasteiger partial charge in [0.15, 0.2) is 0 Å². The van der Waals surface area contributed by atoms with E-state index in [0.717, 1.165) is 18.5 Å². The summed E-state index contributed by atoms with van der Waals surface area (Å²) in [5, 5.41) is 0. The maximum absolute atomic E-state index is 6.06. The Labute approximate surface area is 87.8 Å². The third-order valence-electron chi connectivity index (χ3n) is 4.66. The number of nitrogens with two attached hydrogens (primary N) is 1. The van der Waals surface area contributed by atoms with Crippen molar-refractivity contribution in [2.24, 2.45) is 11.7 Å². The molecular formula is C12H24N2. The van der Waals surface area contributed by atoms with E-state index in [1.165, 1.54) is 38.6 Å². The highest BCUT2D eigenvalue weighted by Gasteiger charge is 2.46. The summed E-state index contributed by atoms with van der Waals surface area (Å²) in [4.78, 5) is 2.68. The van der Waals surface area contributed by atoms with Crippen molar-refractivity contribution in [3.63, 3.8) is 0 Å². The Morgan fingerprint density at radius 2 is 2.07 bits per heavy atom. The standard InChI is InChI=1S/C12H24N2/c1-10-5-3-4-7-12(10,9-13)14-8-6-11(14)2/h10-11H,3-9,13H2,1-2H3. The van der Waals surface area contributed by atoms with Gasteiger partial charge >= 0.3 is 0 Å². The third-order valence-corrected chi connectivity index (χ3v) is 4.66. The van der Waals surface area contributed by atoms with Crippen LogP contribution in [0.4, 0.5) is 0 Å². The van der Waals surface area contributed by atoms with Gasteiger partial charge in [0.05, 0.1) is 0 Å². The Morgan fingerprint density at radius 3 is 2.50 bits per heavy atom. The number of hydrogen-bond donors (Lipinski definition) is 1. The molecule has 0 bridgehead atoms. The summed E-state index contributed by atoms with van der Waals surface area (Å²) in [6, 6.07) is 0.777. The highest BCUT2D eigenvalue weighted by atomic mass is 15.3. The van der Waals surface area contributed by atoms with E-state index in [2.05, 4.69) is 18.7 Å². The number of rotatable bonds is 2. The minimum Gasteiger partial charge on any atom is -0.329 e. The molecule has 82 valence electrons. The van der Waals surface area contributed by atoms with Gasteiger partial charge in [-0.05, 0) is 32.1 Å². The predicted octanol–water partition coefficient (Wildman–Crippen LogP) is 1.99. The summed E-state index contributed by atoms with van der Waals surface area (Å²) >= 11 is 0. The van der Waals surface area contributed by atoms with Crippen molar-refractivity contribution in [3.05, 3.63) is 0 Å². The lowest BCUT2D eigenvalue weighted by Crippen LogP contribution is -2.66. The van der Waals surface area contributed by atoms with Crippen LogP contribution >= 0.6 is 0 Å². The summed E-state index contributed by atoms with van der Waals surface area (Å²) in [5.74, 6) is 0.795. The molecule has 1 aliphatic carbocycles. The summed E-state index contributed by atoms with van der Waals surface area (Å²) in [6.45, 7) is 6.89. The lowest BCUT2D eigenvalue weighted by atomic mass is 9.70. The van der Waals surface area contributed by atoms with E-state index in [1.807, 2.05) is 0 Å². The molecule has 0 aromatic rings. The molecule has 0 radical (unpaired) electrons. The summed E-state index contributed by atoms with van der Waals surface area (Å²) in [6.07, 6.45) is 6.86. The van der Waals surface area contributed by atoms with E-state index in [4.69, 9.17) is 5.73 Å². The zero-order valence-electron chi connectivity index (χ0n) is 9.63. The Balaban J connectivity index is 2.13. The van der Waals surface area contributed by atoms with Crippen LogP contribution in [-0.4, -0.2) is 29.6 Å². The Bertz CT molecular complexity index is 204. The molecule has 0 aromatic heterocycles. The maximum atomic E-state index is 6.06. The van der Waals surface area contributed by atoms with E-state index in [9.17, 15) is 0 Å². The second-order valence-corrected chi connectivity index (χ2v) is 5.29. The van der Waals surface area contributed by atoms with E-state index in [0.29, 0.717) is 5.54 Å². The van der Waals surface area contributed by atoms with Gasteiger partial charge in [0.25, 0.3) is 0 Å². The van der Waals surface area contributed by atoms with Crippen molar-refractivity contribution in [2.45, 2.75) is 57.5 Å². The van der Waals surface area contributed by atoms with Gasteiger partial charge in [-0.2, -0.15) is 0 Å². The molecule has 2 rings (SSSR count). The molecule has 2 aliphatic rings. The molecule has 0 amide bonds. The van der Waals surface area contributed by atoms with Crippen molar-refractivity contribution in [1.29, 1.82) is 0 Å². The van der Waals surface area contributed by atoms with Crippen LogP contribution in [0.1, 0.15) is 46.0 Å². The topological polar surface area (TPSA) is 29.3 Å². The zero-order valence-corrected chi connectivity index (χ0v) is 9.63. The van der Waals surface area contributed by atoms with Gasteiger partial charge in [0, 0.05) is 24.7 Å². The van der Waals surface area contributed by atoms with Crippen molar-refractivity contribution in [2.75, 3.05) is 13.1 Å². The van der Waals surface area contributed by atoms with Crippen LogP contribution in [0.25, 0.3) is 0 Å². The summed E-state index contributed by atoms with van der Waals surface area (Å²) in [7, 11) is 0. The quantitative estimate of drug-likeness (QED) is 0.732. The molecule has 3 unspecified atom stereocenters. The summed E-state index contributed by atoms with van der Waals surface area (Å²) < 4.78 is 0. The fraction of sp³-hybridized carbons (Fsp3) is 1.00. The van der Waals surface area contributed by atoms with Crippen LogP contribution in [0.5, 0.6) is 0 Å². The minimum atomic E-state index is 0.357. The lowest BCUT2D eigenvalue weighted by molar-refractivity contribution is -0.0652. The van der Waals surface area contributed by atoms with Crippen molar-refractivity contribution in [3.8, 4) is 0 Å². The highest BCUT2D eigenvalue weighted by molar-refractivity contribution is 5.03. The third kappa shape index (κ3) is 1.40. The van der Waals surface area contributed by atoms with Gasteiger partial charge < -0.3 is 5.73 Å². The van der Waals surface area contributed by atoms with Gasteiger partial charge in [-0.3, -0.25) is 4.90 Å². The maximum Gasteiger partial charge on any atom is 0.0360 e. The molecule has 14 heavy (non-hydrogen) atoms. The lowest BCUT2D eigenvalue weighted by Gasteiger charge is -2.57. The van der Waals surface area contributed by atoms with Crippen LogP contribution in [-0.2, 0) is 0 Å². The zero-order chi connectivity index (χ0) is 10.2. The summed E-state index contributed by atoms with van der Waals surface area (Å²) in [5.41, 5.74) is 6.42. The van der Waals surface area contributed by atoms with Gasteiger partial charge in [-0.1, -0.05) is 19.8 Å². The Hall–Kier alpha value is -0.0800. The molecule has 2 fully saturated rings. The fourth-order valence-corrected chi connectivity index (χ4v) is 3.42. The molecular weight excluding hydrogens is 172 g/mol. The molecule has 2 N–H and O–H groups in total. The normalized spacial score (nSPS) is 44.8. The molecule has 1 heterocycles. The number of nitrogens with zero attached hydrogens (tertiary/aromatic N) is 1. The van der Waals surface area contributed by atoms with E-state index in [-0.39, 0.29) is 0 Å². The average molecular weight is 196 g/mol. The predicted molar refractivity (Wildman–Crippen MR) is 60.2 cm³/mol. The monoisotopic (exact) mass is 196 g/mol. The fourth-order valence-electron chi connectivity index (χ4n) is 3.42. The highest BCUT2D eigenvalue weighted by Crippen LogP contribution is 2.41. The van der Waals surface area contributed by atoms with E-state index >= 15 is 0 Å². The Kier molecular flexibility index (Phi) is 2.85. The van der Waals surface area contributed by atoms with Crippen LogP contribution in [0.2, 0.25) is 0 Å². The van der Waals surface area contributed by atoms with Gasteiger partial charge in [0.2, 0.25) is 0 Å². The van der Waals surface area contributed by atoms with Crippen molar-refractivity contribution < 1.29 is 0 Å². The molecule has 0 spiro atoms. The molecule has 2 heteroatoms. The first kappa shape index (κ1) is 10.4.